The fourth-order valence-electron chi connectivity index (χ4n) is 2.29. The van der Waals surface area contributed by atoms with E-state index in [2.05, 4.69) is 40.7 Å². The van der Waals surface area contributed by atoms with E-state index in [0.29, 0.717) is 5.13 Å². The van der Waals surface area contributed by atoms with Gasteiger partial charge in [-0.15, -0.1) is 11.3 Å². The average Bonchev–Trinajstić information content (AvgIpc) is 3.25. The van der Waals surface area contributed by atoms with Crippen molar-refractivity contribution in [1.29, 1.82) is 0 Å². The lowest BCUT2D eigenvalue weighted by Gasteiger charge is -2.03. The Morgan fingerprint density at radius 2 is 2.12 bits per heavy atom. The number of amides is 2. The van der Waals surface area contributed by atoms with Crippen molar-refractivity contribution in [2.24, 2.45) is 0 Å². The van der Waals surface area contributed by atoms with Gasteiger partial charge >= 0.3 is 0 Å². The van der Waals surface area contributed by atoms with Gasteiger partial charge in [-0.25, -0.2) is 4.98 Å². The number of nitrogens with one attached hydrogen (secondary N) is 2. The van der Waals surface area contributed by atoms with Crippen molar-refractivity contribution >= 4 is 28.3 Å². The first-order valence-corrected chi connectivity index (χ1v) is 8.53. The molecule has 128 valence electrons. The van der Waals surface area contributed by atoms with Crippen LogP contribution in [0.5, 0.6) is 0 Å². The molecule has 7 heteroatoms. The summed E-state index contributed by atoms with van der Waals surface area (Å²) in [4.78, 5) is 28.9. The third-order valence-corrected chi connectivity index (χ3v) is 4.33. The maximum absolute atomic E-state index is 11.9. The Morgan fingerprint density at radius 3 is 2.88 bits per heavy atom. The summed E-state index contributed by atoms with van der Waals surface area (Å²) in [5, 5.41) is 5.69. The second kappa shape index (κ2) is 7.76. The smallest absolute Gasteiger partial charge is 0.287 e. The monoisotopic (exact) mass is 355 g/mol. The Labute approximate surface area is 148 Å². The number of aromatic nitrogens is 1. The highest BCUT2D eigenvalue weighted by atomic mass is 32.1. The quantitative estimate of drug-likeness (QED) is 0.712. The summed E-state index contributed by atoms with van der Waals surface area (Å²) < 4.78 is 4.96. The molecule has 0 atom stereocenters. The highest BCUT2D eigenvalue weighted by Crippen LogP contribution is 2.21. The van der Waals surface area contributed by atoms with Crippen LogP contribution in [0.2, 0.25) is 0 Å². The molecule has 0 fully saturated rings. The molecule has 2 N–H and O–H groups in total. The van der Waals surface area contributed by atoms with E-state index in [1.807, 2.05) is 6.07 Å². The summed E-state index contributed by atoms with van der Waals surface area (Å²) in [6, 6.07) is 11.4. The molecular formula is C18H17N3O3S. The van der Waals surface area contributed by atoms with Crippen LogP contribution in [0, 0.1) is 6.92 Å². The number of furan rings is 1. The summed E-state index contributed by atoms with van der Waals surface area (Å²) >= 11 is 1.42. The second-order valence-electron chi connectivity index (χ2n) is 5.51. The molecule has 0 saturated carbocycles. The maximum atomic E-state index is 11.9. The van der Waals surface area contributed by atoms with Crippen LogP contribution < -0.4 is 10.6 Å². The van der Waals surface area contributed by atoms with Gasteiger partial charge in [0.05, 0.1) is 12.8 Å². The first-order valence-electron chi connectivity index (χ1n) is 7.72. The first-order chi connectivity index (χ1) is 12.1. The van der Waals surface area contributed by atoms with Gasteiger partial charge in [-0.05, 0) is 24.6 Å². The minimum absolute atomic E-state index is 0.147. The van der Waals surface area contributed by atoms with Gasteiger partial charge in [-0.3, -0.25) is 9.59 Å². The number of hydrogen-bond acceptors (Lipinski definition) is 5. The van der Waals surface area contributed by atoms with Crippen molar-refractivity contribution in [3.05, 3.63) is 70.6 Å². The highest BCUT2D eigenvalue weighted by molar-refractivity contribution is 7.15. The van der Waals surface area contributed by atoms with E-state index in [1.54, 1.807) is 12.3 Å². The van der Waals surface area contributed by atoms with Crippen molar-refractivity contribution in [1.82, 2.24) is 10.3 Å². The van der Waals surface area contributed by atoms with Crippen LogP contribution in [0.3, 0.4) is 0 Å². The normalized spacial score (nSPS) is 10.4. The summed E-state index contributed by atoms with van der Waals surface area (Å²) in [7, 11) is 0. The largest absolute Gasteiger partial charge is 0.459 e. The van der Waals surface area contributed by atoms with Crippen LogP contribution in [0.25, 0.3) is 0 Å². The number of rotatable bonds is 6. The van der Waals surface area contributed by atoms with E-state index < -0.39 is 5.91 Å². The lowest BCUT2D eigenvalue weighted by atomic mass is 10.1. The minimum Gasteiger partial charge on any atom is -0.459 e. The molecule has 0 aliphatic carbocycles. The van der Waals surface area contributed by atoms with E-state index in [0.717, 1.165) is 11.3 Å². The van der Waals surface area contributed by atoms with Crippen molar-refractivity contribution in [2.75, 3.05) is 11.9 Å². The van der Waals surface area contributed by atoms with E-state index in [4.69, 9.17) is 4.42 Å². The molecular weight excluding hydrogens is 338 g/mol. The topological polar surface area (TPSA) is 84.2 Å². The van der Waals surface area contributed by atoms with Crippen LogP contribution in [-0.2, 0) is 11.2 Å². The Kier molecular flexibility index (Phi) is 5.25. The zero-order valence-electron chi connectivity index (χ0n) is 13.6. The number of carbonyl (C=O) groups excluding carboxylic acids is 2. The minimum atomic E-state index is -0.431. The van der Waals surface area contributed by atoms with E-state index in [1.165, 1.54) is 34.8 Å². The molecule has 0 bridgehead atoms. The second-order valence-corrected chi connectivity index (χ2v) is 6.62. The lowest BCUT2D eigenvalue weighted by molar-refractivity contribution is -0.115. The summed E-state index contributed by atoms with van der Waals surface area (Å²) in [6.45, 7) is 1.91. The van der Waals surface area contributed by atoms with Crippen LogP contribution >= 0.6 is 11.3 Å². The SMILES string of the molecule is Cc1cccc(Cc2cnc(NC(=O)CNC(=O)c3ccco3)s2)c1. The Balaban J connectivity index is 1.50. The molecule has 1 aromatic carbocycles. The van der Waals surface area contributed by atoms with Crippen LogP contribution in [-0.4, -0.2) is 23.3 Å². The molecule has 6 nitrogen and oxygen atoms in total. The molecule has 25 heavy (non-hydrogen) atoms. The molecule has 0 aliphatic rings. The third-order valence-electron chi connectivity index (χ3n) is 3.42. The zero-order valence-corrected chi connectivity index (χ0v) is 14.4. The Bertz CT molecular complexity index is 871. The molecule has 0 unspecified atom stereocenters. The van der Waals surface area contributed by atoms with Crippen LogP contribution in [0.4, 0.5) is 5.13 Å². The number of hydrogen-bond donors (Lipinski definition) is 2. The molecule has 2 aromatic heterocycles. The molecule has 0 saturated heterocycles. The van der Waals surface area contributed by atoms with E-state index >= 15 is 0 Å². The summed E-state index contributed by atoms with van der Waals surface area (Å²) in [5.74, 6) is -0.599. The van der Waals surface area contributed by atoms with Gasteiger partial charge < -0.3 is 15.1 Å². The van der Waals surface area contributed by atoms with Crippen LogP contribution in [0.15, 0.2) is 53.3 Å². The van der Waals surface area contributed by atoms with Gasteiger partial charge in [0.1, 0.15) is 0 Å². The number of nitrogens with zero attached hydrogens (tertiary/aromatic N) is 1. The van der Waals surface area contributed by atoms with Gasteiger partial charge in [0, 0.05) is 17.5 Å². The van der Waals surface area contributed by atoms with Gasteiger partial charge in [0.25, 0.3) is 5.91 Å². The van der Waals surface area contributed by atoms with Crippen molar-refractivity contribution in [3.63, 3.8) is 0 Å². The summed E-state index contributed by atoms with van der Waals surface area (Å²) in [5.41, 5.74) is 2.41. The molecule has 3 rings (SSSR count). The molecule has 2 heterocycles. The summed E-state index contributed by atoms with van der Waals surface area (Å²) in [6.07, 6.45) is 3.93. The molecule has 0 spiro atoms. The number of aryl methyl sites for hydroxylation is 1. The van der Waals surface area contributed by atoms with E-state index in [-0.39, 0.29) is 18.2 Å². The molecule has 3 aromatic rings. The Morgan fingerprint density at radius 1 is 1.24 bits per heavy atom. The van der Waals surface area contributed by atoms with Gasteiger partial charge in [-0.1, -0.05) is 29.8 Å². The standard InChI is InChI=1S/C18H17N3O3S/c1-12-4-2-5-13(8-12)9-14-10-20-18(25-14)21-16(22)11-19-17(23)15-6-3-7-24-15/h2-8,10H,9,11H2,1H3,(H,19,23)(H,20,21,22). The predicted molar refractivity (Wildman–Crippen MR) is 95.8 cm³/mol. The third kappa shape index (κ3) is 4.77. The van der Waals surface area contributed by atoms with Gasteiger partial charge in [-0.2, -0.15) is 0 Å². The van der Waals surface area contributed by atoms with E-state index in [9.17, 15) is 9.59 Å². The number of thiazole rings is 1. The predicted octanol–water partition coefficient (Wildman–Crippen LogP) is 3.00. The van der Waals surface area contributed by atoms with Crippen LogP contribution in [0.1, 0.15) is 26.6 Å². The van der Waals surface area contributed by atoms with Gasteiger partial charge in [0.2, 0.25) is 5.91 Å². The molecule has 2 amide bonds. The maximum Gasteiger partial charge on any atom is 0.287 e. The Hall–Kier alpha value is -2.93. The lowest BCUT2D eigenvalue weighted by Crippen LogP contribution is -2.32. The van der Waals surface area contributed by atoms with Crippen molar-refractivity contribution in [3.8, 4) is 0 Å². The average molecular weight is 355 g/mol. The number of benzene rings is 1. The fraction of sp³-hybridized carbons (Fsp3) is 0.167. The molecule has 0 aliphatic heterocycles. The zero-order chi connectivity index (χ0) is 17.6. The number of carbonyl (C=O) groups is 2. The fourth-order valence-corrected chi connectivity index (χ4v) is 3.15. The first kappa shape index (κ1) is 16.9. The van der Waals surface area contributed by atoms with Crippen molar-refractivity contribution < 1.29 is 14.0 Å². The molecule has 0 radical (unpaired) electrons. The van der Waals surface area contributed by atoms with Gasteiger partial charge in [0.15, 0.2) is 10.9 Å². The number of anilines is 1. The highest BCUT2D eigenvalue weighted by Gasteiger charge is 2.11. The van der Waals surface area contributed by atoms with Crippen molar-refractivity contribution in [2.45, 2.75) is 13.3 Å².